The molecular weight excluding hydrogens is 486 g/mol. The summed E-state index contributed by atoms with van der Waals surface area (Å²) in [5, 5.41) is 2.37. The molecule has 3 aliphatic rings. The highest BCUT2D eigenvalue weighted by Gasteiger charge is 2.45. The number of para-hydroxylation sites is 1. The molecule has 1 aromatic carbocycles. The molecule has 10 heteroatoms. The number of likely N-dealkylation sites (tertiary alicyclic amines) is 2. The Morgan fingerprint density at radius 2 is 1.84 bits per heavy atom. The van der Waals surface area contributed by atoms with Crippen LogP contribution in [0.15, 0.2) is 23.0 Å². The zero-order valence-electron chi connectivity index (χ0n) is 22.9. The number of ether oxygens (including phenoxy) is 1. The molecule has 206 valence electrons. The van der Waals surface area contributed by atoms with E-state index in [0.29, 0.717) is 11.8 Å². The third-order valence-corrected chi connectivity index (χ3v) is 8.22. The molecular formula is C28H39N5O5. The van der Waals surface area contributed by atoms with E-state index in [1.165, 1.54) is 0 Å². The highest BCUT2D eigenvalue weighted by Crippen LogP contribution is 2.40. The maximum Gasteiger partial charge on any atom is 0.410 e. The third-order valence-electron chi connectivity index (χ3n) is 8.22. The van der Waals surface area contributed by atoms with E-state index in [1.807, 2.05) is 37.8 Å². The fraction of sp³-hybridized carbons (Fsp3) is 0.643. The monoisotopic (exact) mass is 525 g/mol. The molecule has 4 heterocycles. The maximum absolute atomic E-state index is 13.1. The number of piperidine rings is 2. The number of nitrogens with zero attached hydrogens (tertiary/aromatic N) is 4. The number of nitrogens with one attached hydrogen (secondary N) is 1. The molecule has 0 saturated carbocycles. The average Bonchev–Trinajstić information content (AvgIpc) is 3.08. The smallest absolute Gasteiger partial charge is 0.410 e. The van der Waals surface area contributed by atoms with Crippen LogP contribution in [0.2, 0.25) is 0 Å². The minimum atomic E-state index is -0.668. The van der Waals surface area contributed by atoms with Gasteiger partial charge in [-0.3, -0.25) is 24.0 Å². The largest absolute Gasteiger partial charge is 0.444 e. The number of rotatable bonds is 5. The van der Waals surface area contributed by atoms with Gasteiger partial charge in [-0.05, 0) is 76.5 Å². The lowest BCUT2D eigenvalue weighted by molar-refractivity contribution is -0.135. The van der Waals surface area contributed by atoms with Gasteiger partial charge in [0.15, 0.2) is 0 Å². The van der Waals surface area contributed by atoms with Gasteiger partial charge < -0.3 is 14.5 Å². The Morgan fingerprint density at radius 1 is 1.13 bits per heavy atom. The van der Waals surface area contributed by atoms with Gasteiger partial charge in [0.05, 0.1) is 11.0 Å². The molecule has 3 aliphatic heterocycles. The Hall–Kier alpha value is -3.14. The molecule has 0 aliphatic carbocycles. The van der Waals surface area contributed by atoms with Crippen LogP contribution < -0.4 is 11.0 Å². The van der Waals surface area contributed by atoms with Crippen molar-refractivity contribution >= 4 is 28.9 Å². The number of carbonyl (C=O) groups excluding carboxylic acids is 3. The number of carbonyl (C=O) groups is 3. The van der Waals surface area contributed by atoms with Crippen LogP contribution >= 0.6 is 0 Å². The Labute approximate surface area is 222 Å². The number of aryl methyl sites for hydroxylation is 2. The predicted octanol–water partition coefficient (Wildman–Crippen LogP) is 2.58. The zero-order valence-corrected chi connectivity index (χ0v) is 22.9. The highest BCUT2D eigenvalue weighted by atomic mass is 16.6. The first-order chi connectivity index (χ1) is 18.0. The fourth-order valence-electron chi connectivity index (χ4n) is 6.31. The molecule has 3 saturated heterocycles. The lowest BCUT2D eigenvalue weighted by Crippen LogP contribution is -2.61. The number of amides is 3. The zero-order chi connectivity index (χ0) is 27.2. The minimum absolute atomic E-state index is 0.210. The van der Waals surface area contributed by atoms with Gasteiger partial charge in [-0.25, -0.2) is 9.59 Å². The Morgan fingerprint density at radius 3 is 2.50 bits per heavy atom. The van der Waals surface area contributed by atoms with Crippen LogP contribution in [0.3, 0.4) is 0 Å². The first-order valence-corrected chi connectivity index (χ1v) is 13.7. The molecule has 1 aromatic heterocycles. The Bertz CT molecular complexity index is 1300. The van der Waals surface area contributed by atoms with E-state index in [1.54, 1.807) is 16.2 Å². The number of aromatic nitrogens is 2. The average molecular weight is 526 g/mol. The molecule has 1 atom stereocenters. The summed E-state index contributed by atoms with van der Waals surface area (Å²) in [4.78, 5) is 53.9. The first-order valence-electron chi connectivity index (χ1n) is 13.7. The van der Waals surface area contributed by atoms with Crippen LogP contribution in [0.25, 0.3) is 11.0 Å². The van der Waals surface area contributed by atoms with Crippen molar-refractivity contribution in [2.24, 2.45) is 12.5 Å². The summed E-state index contributed by atoms with van der Waals surface area (Å²) >= 11 is 0. The summed E-state index contributed by atoms with van der Waals surface area (Å²) in [5.41, 5.74) is 2.30. The molecule has 0 bridgehead atoms. The van der Waals surface area contributed by atoms with E-state index < -0.39 is 17.6 Å². The van der Waals surface area contributed by atoms with Crippen molar-refractivity contribution in [1.29, 1.82) is 0 Å². The third kappa shape index (κ3) is 5.10. The summed E-state index contributed by atoms with van der Waals surface area (Å²) in [6, 6.07) is 5.21. The van der Waals surface area contributed by atoms with E-state index in [4.69, 9.17) is 4.74 Å². The summed E-state index contributed by atoms with van der Waals surface area (Å²) in [7, 11) is 1.75. The van der Waals surface area contributed by atoms with Gasteiger partial charge in [0, 0.05) is 39.6 Å². The molecule has 0 radical (unpaired) electrons. The van der Waals surface area contributed by atoms with Crippen LogP contribution in [0.5, 0.6) is 0 Å². The summed E-state index contributed by atoms with van der Waals surface area (Å²) in [5.74, 6) is -0.702. The van der Waals surface area contributed by atoms with Crippen LogP contribution in [0, 0.1) is 5.41 Å². The number of hydrogen-bond donors (Lipinski definition) is 1. The number of imidazole rings is 1. The minimum Gasteiger partial charge on any atom is -0.444 e. The van der Waals surface area contributed by atoms with E-state index in [-0.39, 0.29) is 24.1 Å². The Kier molecular flexibility index (Phi) is 6.87. The van der Waals surface area contributed by atoms with Gasteiger partial charge in [0.1, 0.15) is 11.6 Å². The molecule has 2 aromatic rings. The van der Waals surface area contributed by atoms with Crippen molar-refractivity contribution < 1.29 is 19.1 Å². The normalized spacial score (nSPS) is 22.0. The molecule has 3 amide bonds. The van der Waals surface area contributed by atoms with Crippen LogP contribution in [-0.2, 0) is 27.8 Å². The number of benzene rings is 1. The molecule has 3 fully saturated rings. The lowest BCUT2D eigenvalue weighted by Gasteiger charge is -2.54. The van der Waals surface area contributed by atoms with Gasteiger partial charge in [0.25, 0.3) is 0 Å². The van der Waals surface area contributed by atoms with E-state index in [2.05, 4.69) is 16.3 Å². The second-order valence-corrected chi connectivity index (χ2v) is 12.2. The van der Waals surface area contributed by atoms with Gasteiger partial charge in [0.2, 0.25) is 11.8 Å². The molecule has 1 N–H and O–H groups in total. The predicted molar refractivity (Wildman–Crippen MR) is 143 cm³/mol. The van der Waals surface area contributed by atoms with Crippen molar-refractivity contribution in [1.82, 2.24) is 24.3 Å². The first kappa shape index (κ1) is 26.5. The molecule has 38 heavy (non-hydrogen) atoms. The standard InChI is InChI=1S/C28H39N5O5/c1-27(2,3)38-26(37)32-15-12-28(13-16-32)17-31(18-28)14-6-8-19-7-5-9-20-23(19)30(4)25(36)33(20)21-10-11-22(34)29-24(21)35/h5,7,9,21H,6,8,10-18H2,1-4H3,(H,29,34,35). The number of imide groups is 1. The van der Waals surface area contributed by atoms with Crippen LogP contribution in [0.1, 0.15) is 64.5 Å². The van der Waals surface area contributed by atoms with Gasteiger partial charge in [-0.2, -0.15) is 0 Å². The highest BCUT2D eigenvalue weighted by molar-refractivity contribution is 6.00. The molecule has 10 nitrogen and oxygen atoms in total. The van der Waals surface area contributed by atoms with Crippen molar-refractivity contribution in [2.45, 2.75) is 70.9 Å². The Balaban J connectivity index is 1.17. The van der Waals surface area contributed by atoms with Crippen LogP contribution in [0.4, 0.5) is 4.79 Å². The second kappa shape index (κ2) is 9.87. The summed E-state index contributed by atoms with van der Waals surface area (Å²) < 4.78 is 8.70. The molecule has 1 spiro atoms. The van der Waals surface area contributed by atoms with Gasteiger partial charge >= 0.3 is 11.8 Å². The van der Waals surface area contributed by atoms with Gasteiger partial charge in [-0.15, -0.1) is 0 Å². The number of fused-ring (bicyclic) bond motifs is 1. The van der Waals surface area contributed by atoms with Crippen molar-refractivity contribution in [2.75, 3.05) is 32.7 Å². The van der Waals surface area contributed by atoms with Crippen LogP contribution in [-0.4, -0.2) is 75.2 Å². The van der Waals surface area contributed by atoms with Gasteiger partial charge in [-0.1, -0.05) is 12.1 Å². The maximum atomic E-state index is 13.1. The second-order valence-electron chi connectivity index (χ2n) is 12.2. The van der Waals surface area contributed by atoms with E-state index in [0.717, 1.165) is 75.0 Å². The van der Waals surface area contributed by atoms with E-state index in [9.17, 15) is 19.2 Å². The quantitative estimate of drug-likeness (QED) is 0.602. The summed E-state index contributed by atoms with van der Waals surface area (Å²) in [6.45, 7) is 10.3. The molecule has 1 unspecified atom stereocenters. The number of hydrogen-bond acceptors (Lipinski definition) is 6. The lowest BCUT2D eigenvalue weighted by atomic mass is 9.72. The molecule has 5 rings (SSSR count). The van der Waals surface area contributed by atoms with Crippen molar-refractivity contribution in [3.63, 3.8) is 0 Å². The van der Waals surface area contributed by atoms with Crippen molar-refractivity contribution in [3.05, 3.63) is 34.2 Å². The topological polar surface area (TPSA) is 106 Å². The van der Waals surface area contributed by atoms with E-state index >= 15 is 0 Å². The van der Waals surface area contributed by atoms with Crippen molar-refractivity contribution in [3.8, 4) is 0 Å². The summed E-state index contributed by atoms with van der Waals surface area (Å²) in [6.07, 6.45) is 4.18. The SMILES string of the molecule is Cn1c(=O)n(C2CCC(=O)NC2=O)c2cccc(CCCN3CC4(CCN(C(=O)OC(C)(C)C)CC4)C3)c21. The fourth-order valence-corrected chi connectivity index (χ4v) is 6.31.